The SMILES string of the molecule is Cc1cc(S(=O)(=O)Nc2ccc(C(=O)NCc3cccc(C(=O)N4CCCC4)c3)cc2)ccc1F. The summed E-state index contributed by atoms with van der Waals surface area (Å²) in [6.45, 7) is 3.28. The van der Waals surface area contributed by atoms with Crippen molar-refractivity contribution in [2.75, 3.05) is 17.8 Å². The first-order valence-electron chi connectivity index (χ1n) is 11.3. The summed E-state index contributed by atoms with van der Waals surface area (Å²) in [4.78, 5) is 26.9. The van der Waals surface area contributed by atoms with E-state index in [0.29, 0.717) is 11.1 Å². The maximum Gasteiger partial charge on any atom is 0.261 e. The number of nitrogens with one attached hydrogen (secondary N) is 2. The van der Waals surface area contributed by atoms with Crippen molar-refractivity contribution in [2.24, 2.45) is 0 Å². The molecule has 9 heteroatoms. The number of amides is 2. The first kappa shape index (κ1) is 24.4. The first-order valence-corrected chi connectivity index (χ1v) is 12.8. The van der Waals surface area contributed by atoms with Gasteiger partial charge in [0.25, 0.3) is 21.8 Å². The van der Waals surface area contributed by atoms with Crippen LogP contribution in [-0.2, 0) is 16.6 Å². The largest absolute Gasteiger partial charge is 0.348 e. The Kier molecular flexibility index (Phi) is 7.16. The molecular formula is C26H26FN3O4S. The molecule has 1 saturated heterocycles. The molecule has 1 aliphatic heterocycles. The van der Waals surface area contributed by atoms with Crippen molar-refractivity contribution in [1.29, 1.82) is 0 Å². The number of sulfonamides is 1. The molecule has 1 heterocycles. The zero-order valence-electron chi connectivity index (χ0n) is 19.3. The number of aryl methyl sites for hydroxylation is 1. The van der Waals surface area contributed by atoms with E-state index in [-0.39, 0.29) is 34.5 Å². The summed E-state index contributed by atoms with van der Waals surface area (Å²) in [6.07, 6.45) is 2.04. The number of hydrogen-bond donors (Lipinski definition) is 2. The monoisotopic (exact) mass is 495 g/mol. The number of anilines is 1. The maximum absolute atomic E-state index is 13.5. The first-order chi connectivity index (χ1) is 16.7. The summed E-state index contributed by atoms with van der Waals surface area (Å²) in [5, 5.41) is 2.82. The van der Waals surface area contributed by atoms with E-state index in [4.69, 9.17) is 0 Å². The highest BCUT2D eigenvalue weighted by Crippen LogP contribution is 2.19. The van der Waals surface area contributed by atoms with E-state index in [1.54, 1.807) is 18.2 Å². The zero-order valence-corrected chi connectivity index (χ0v) is 20.1. The van der Waals surface area contributed by atoms with E-state index in [1.165, 1.54) is 43.3 Å². The molecule has 1 fully saturated rings. The van der Waals surface area contributed by atoms with Gasteiger partial charge in [0.1, 0.15) is 5.82 Å². The van der Waals surface area contributed by atoms with Gasteiger partial charge in [-0.3, -0.25) is 14.3 Å². The third-order valence-corrected chi connectivity index (χ3v) is 7.24. The minimum atomic E-state index is -3.90. The van der Waals surface area contributed by atoms with Crippen LogP contribution in [0.25, 0.3) is 0 Å². The smallest absolute Gasteiger partial charge is 0.261 e. The summed E-state index contributed by atoms with van der Waals surface area (Å²) in [5.41, 5.74) is 2.27. The topological polar surface area (TPSA) is 95.6 Å². The molecule has 182 valence electrons. The van der Waals surface area contributed by atoms with Gasteiger partial charge in [0, 0.05) is 36.4 Å². The summed E-state index contributed by atoms with van der Waals surface area (Å²) < 4.78 is 41.0. The lowest BCUT2D eigenvalue weighted by Crippen LogP contribution is -2.28. The molecule has 7 nitrogen and oxygen atoms in total. The molecule has 0 bridgehead atoms. The molecule has 0 spiro atoms. The number of halogens is 1. The van der Waals surface area contributed by atoms with Crippen molar-refractivity contribution in [2.45, 2.75) is 31.2 Å². The molecule has 3 aromatic carbocycles. The number of hydrogen-bond acceptors (Lipinski definition) is 4. The molecule has 0 aliphatic carbocycles. The molecule has 1 aliphatic rings. The molecule has 0 radical (unpaired) electrons. The Balaban J connectivity index is 1.36. The number of rotatable bonds is 7. The molecule has 0 aromatic heterocycles. The van der Waals surface area contributed by atoms with Crippen LogP contribution >= 0.6 is 0 Å². The van der Waals surface area contributed by atoms with Crippen LogP contribution in [-0.4, -0.2) is 38.2 Å². The van der Waals surface area contributed by atoms with Crippen LogP contribution in [0.4, 0.5) is 10.1 Å². The summed E-state index contributed by atoms with van der Waals surface area (Å²) in [7, 11) is -3.90. The summed E-state index contributed by atoms with van der Waals surface area (Å²) in [5.74, 6) is -0.807. The van der Waals surface area contributed by atoms with E-state index in [0.717, 1.165) is 37.6 Å². The highest BCUT2D eigenvalue weighted by molar-refractivity contribution is 7.92. The number of carbonyl (C=O) groups excluding carboxylic acids is 2. The Labute approximate surface area is 204 Å². The molecule has 35 heavy (non-hydrogen) atoms. The van der Waals surface area contributed by atoms with Crippen LogP contribution in [0.2, 0.25) is 0 Å². The van der Waals surface area contributed by atoms with E-state index in [2.05, 4.69) is 10.0 Å². The Hall–Kier alpha value is -3.72. The molecule has 3 aromatic rings. The summed E-state index contributed by atoms with van der Waals surface area (Å²) in [6, 6.07) is 16.8. The lowest BCUT2D eigenvalue weighted by Gasteiger charge is -2.15. The number of carbonyl (C=O) groups is 2. The van der Waals surface area contributed by atoms with Crippen molar-refractivity contribution < 1.29 is 22.4 Å². The van der Waals surface area contributed by atoms with Gasteiger partial charge in [-0.15, -0.1) is 0 Å². The van der Waals surface area contributed by atoms with Crippen molar-refractivity contribution >= 4 is 27.5 Å². The van der Waals surface area contributed by atoms with Gasteiger partial charge >= 0.3 is 0 Å². The fourth-order valence-electron chi connectivity index (χ4n) is 3.89. The molecule has 0 unspecified atom stereocenters. The van der Waals surface area contributed by atoms with E-state index >= 15 is 0 Å². The molecule has 2 N–H and O–H groups in total. The Morgan fingerprint density at radius 1 is 0.943 bits per heavy atom. The van der Waals surface area contributed by atoms with Crippen molar-refractivity contribution in [1.82, 2.24) is 10.2 Å². The quantitative estimate of drug-likeness (QED) is 0.516. The minimum absolute atomic E-state index is 0.00418. The van der Waals surface area contributed by atoms with Crippen LogP contribution in [0.3, 0.4) is 0 Å². The molecule has 0 atom stereocenters. The van der Waals surface area contributed by atoms with Crippen LogP contribution in [0.15, 0.2) is 71.6 Å². The van der Waals surface area contributed by atoms with Gasteiger partial charge in [-0.1, -0.05) is 12.1 Å². The van der Waals surface area contributed by atoms with Crippen molar-refractivity contribution in [3.05, 3.63) is 94.8 Å². The van der Waals surface area contributed by atoms with Gasteiger partial charge in [0.05, 0.1) is 4.90 Å². The number of likely N-dealkylation sites (tertiary alicyclic amines) is 1. The van der Waals surface area contributed by atoms with E-state index in [9.17, 15) is 22.4 Å². The van der Waals surface area contributed by atoms with Gasteiger partial charge in [-0.25, -0.2) is 12.8 Å². The highest BCUT2D eigenvalue weighted by atomic mass is 32.2. The van der Waals surface area contributed by atoms with Gasteiger partial charge in [0.2, 0.25) is 0 Å². The van der Waals surface area contributed by atoms with Crippen molar-refractivity contribution in [3.63, 3.8) is 0 Å². The normalized spacial score (nSPS) is 13.5. The lowest BCUT2D eigenvalue weighted by molar-refractivity contribution is 0.0792. The van der Waals surface area contributed by atoms with Gasteiger partial charge < -0.3 is 10.2 Å². The summed E-state index contributed by atoms with van der Waals surface area (Å²) >= 11 is 0. The number of nitrogens with zero attached hydrogens (tertiary/aromatic N) is 1. The Morgan fingerprint density at radius 3 is 2.34 bits per heavy atom. The maximum atomic E-state index is 13.5. The highest BCUT2D eigenvalue weighted by Gasteiger charge is 2.20. The van der Waals surface area contributed by atoms with Crippen molar-refractivity contribution in [3.8, 4) is 0 Å². The third-order valence-electron chi connectivity index (χ3n) is 5.86. The molecule has 4 rings (SSSR count). The van der Waals surface area contributed by atoms with Crippen LogP contribution < -0.4 is 10.0 Å². The van der Waals surface area contributed by atoms with Crippen LogP contribution in [0.1, 0.15) is 44.7 Å². The second-order valence-corrected chi connectivity index (χ2v) is 10.2. The molecule has 0 saturated carbocycles. The fraction of sp³-hybridized carbons (Fsp3) is 0.231. The predicted octanol–water partition coefficient (Wildman–Crippen LogP) is 4.10. The molecule has 2 amide bonds. The van der Waals surface area contributed by atoms with Gasteiger partial charge in [-0.2, -0.15) is 0 Å². The third kappa shape index (κ3) is 5.86. The Morgan fingerprint density at radius 2 is 1.66 bits per heavy atom. The van der Waals surface area contributed by atoms with Crippen LogP contribution in [0, 0.1) is 12.7 Å². The fourth-order valence-corrected chi connectivity index (χ4v) is 5.03. The zero-order chi connectivity index (χ0) is 25.0. The predicted molar refractivity (Wildman–Crippen MR) is 131 cm³/mol. The van der Waals surface area contributed by atoms with E-state index in [1.807, 2.05) is 11.0 Å². The molecular weight excluding hydrogens is 469 g/mol. The lowest BCUT2D eigenvalue weighted by atomic mass is 10.1. The second kappa shape index (κ2) is 10.3. The second-order valence-electron chi connectivity index (χ2n) is 8.48. The van der Waals surface area contributed by atoms with Crippen LogP contribution in [0.5, 0.6) is 0 Å². The average Bonchev–Trinajstić information content (AvgIpc) is 3.39. The number of benzene rings is 3. The minimum Gasteiger partial charge on any atom is -0.348 e. The average molecular weight is 496 g/mol. The standard InChI is InChI=1S/C26H26FN3O4S/c1-18-15-23(11-12-24(18)27)35(33,34)29-22-9-7-20(8-10-22)25(31)28-17-19-5-4-6-21(16-19)26(32)30-13-2-3-14-30/h4-12,15-16,29H,2-3,13-14,17H2,1H3,(H,28,31). The van der Waals surface area contributed by atoms with E-state index < -0.39 is 15.8 Å². The Bertz CT molecular complexity index is 1350. The van der Waals surface area contributed by atoms with Gasteiger partial charge in [-0.05, 0) is 85.5 Å². The van der Waals surface area contributed by atoms with Gasteiger partial charge in [0.15, 0.2) is 0 Å².